The lowest BCUT2D eigenvalue weighted by molar-refractivity contribution is 0.104. The topological polar surface area (TPSA) is 51.2 Å². The van der Waals surface area contributed by atoms with Crippen LogP contribution in [-0.2, 0) is 15.6 Å². The number of halogens is 3. The summed E-state index contributed by atoms with van der Waals surface area (Å²) in [6.07, 6.45) is 1.41. The van der Waals surface area contributed by atoms with Gasteiger partial charge >= 0.3 is 0 Å². The molecular formula is C21H15Cl3O3S2. The molecule has 0 aliphatic rings. The fourth-order valence-corrected chi connectivity index (χ4v) is 5.72. The van der Waals surface area contributed by atoms with Crippen LogP contribution >= 0.6 is 46.1 Å². The molecule has 8 heteroatoms. The number of thiophene rings is 1. The van der Waals surface area contributed by atoms with Gasteiger partial charge in [0.1, 0.15) is 4.91 Å². The molecule has 1 heterocycles. The number of ketones is 1. The van der Waals surface area contributed by atoms with Gasteiger partial charge in [0, 0.05) is 30.4 Å². The Kier molecular flexibility index (Phi) is 6.87. The summed E-state index contributed by atoms with van der Waals surface area (Å²) in [4.78, 5) is 14.5. The maximum atomic E-state index is 13.2. The van der Waals surface area contributed by atoms with E-state index in [-0.39, 0.29) is 15.5 Å². The predicted molar refractivity (Wildman–Crippen MR) is 122 cm³/mol. The fourth-order valence-electron chi connectivity index (χ4n) is 2.62. The van der Waals surface area contributed by atoms with Gasteiger partial charge in [-0.05, 0) is 67.1 Å². The Morgan fingerprint density at radius 2 is 1.62 bits per heavy atom. The Balaban J connectivity index is 2.07. The standard InChI is InChI=1S/C21H15Cl3O3S2/c1-13-2-9-18(28-13)11-20(21(25)14-3-6-16(22)7-4-14)29(26,27)12-15-5-8-17(23)10-19(15)24/h2-11H,12H2,1H3/b20-11+. The Hall–Kier alpha value is -1.63. The third-order valence-electron chi connectivity index (χ3n) is 4.06. The van der Waals surface area contributed by atoms with Crippen molar-refractivity contribution in [2.75, 3.05) is 0 Å². The first kappa shape index (κ1) is 22.1. The summed E-state index contributed by atoms with van der Waals surface area (Å²) in [6, 6.07) is 14.3. The molecule has 0 N–H and O–H groups in total. The van der Waals surface area contributed by atoms with E-state index in [4.69, 9.17) is 34.8 Å². The number of carbonyl (C=O) groups excluding carboxylic acids is 1. The highest BCUT2D eigenvalue weighted by Gasteiger charge is 2.27. The first-order valence-electron chi connectivity index (χ1n) is 8.41. The van der Waals surface area contributed by atoms with Crippen molar-refractivity contribution in [1.82, 2.24) is 0 Å². The summed E-state index contributed by atoms with van der Waals surface area (Å²) in [6.45, 7) is 1.91. The smallest absolute Gasteiger partial charge is 0.204 e. The second-order valence-electron chi connectivity index (χ2n) is 6.29. The van der Waals surface area contributed by atoms with Crippen molar-refractivity contribution in [1.29, 1.82) is 0 Å². The summed E-state index contributed by atoms with van der Waals surface area (Å²) in [7, 11) is -4.00. The van der Waals surface area contributed by atoms with Gasteiger partial charge < -0.3 is 0 Å². The average Bonchev–Trinajstić information content (AvgIpc) is 3.07. The highest BCUT2D eigenvalue weighted by atomic mass is 35.5. The van der Waals surface area contributed by atoms with Gasteiger partial charge in [-0.25, -0.2) is 8.42 Å². The number of benzene rings is 2. The van der Waals surface area contributed by atoms with Crippen LogP contribution in [0, 0.1) is 6.92 Å². The highest BCUT2D eigenvalue weighted by Crippen LogP contribution is 2.29. The van der Waals surface area contributed by atoms with E-state index < -0.39 is 21.4 Å². The molecule has 0 unspecified atom stereocenters. The number of aryl methyl sites for hydroxylation is 1. The largest absolute Gasteiger partial charge is 0.288 e. The summed E-state index contributed by atoms with van der Waals surface area (Å²) >= 11 is 19.3. The van der Waals surface area contributed by atoms with E-state index in [0.29, 0.717) is 20.5 Å². The van der Waals surface area contributed by atoms with Gasteiger partial charge in [-0.1, -0.05) is 40.9 Å². The van der Waals surface area contributed by atoms with E-state index in [2.05, 4.69) is 0 Å². The minimum absolute atomic E-state index is 0.228. The van der Waals surface area contributed by atoms with Gasteiger partial charge in [-0.3, -0.25) is 4.79 Å². The van der Waals surface area contributed by atoms with Crippen LogP contribution in [0.4, 0.5) is 0 Å². The molecule has 3 aromatic rings. The van der Waals surface area contributed by atoms with E-state index >= 15 is 0 Å². The van der Waals surface area contributed by atoms with Crippen molar-refractivity contribution >= 4 is 67.8 Å². The Labute approximate surface area is 188 Å². The minimum atomic E-state index is -4.00. The molecule has 0 atom stereocenters. The number of Topliss-reactive ketones (excluding diaryl/α,β-unsaturated/α-hetero) is 1. The summed E-state index contributed by atoms with van der Waals surface area (Å²) in [5.41, 5.74) is 0.605. The molecule has 29 heavy (non-hydrogen) atoms. The molecule has 2 aromatic carbocycles. The van der Waals surface area contributed by atoms with Crippen molar-refractivity contribution in [3.63, 3.8) is 0 Å². The van der Waals surface area contributed by atoms with Crippen molar-refractivity contribution in [3.05, 3.63) is 95.5 Å². The number of allylic oxidation sites excluding steroid dienone is 1. The van der Waals surface area contributed by atoms with Gasteiger partial charge in [-0.15, -0.1) is 11.3 Å². The van der Waals surface area contributed by atoms with Gasteiger partial charge in [0.2, 0.25) is 5.78 Å². The zero-order chi connectivity index (χ0) is 21.2. The van der Waals surface area contributed by atoms with Gasteiger partial charge in [0.15, 0.2) is 9.84 Å². The monoisotopic (exact) mass is 484 g/mol. The van der Waals surface area contributed by atoms with E-state index in [1.54, 1.807) is 30.3 Å². The molecule has 0 saturated carbocycles. The van der Waals surface area contributed by atoms with Crippen LogP contribution < -0.4 is 0 Å². The Morgan fingerprint density at radius 3 is 2.21 bits per heavy atom. The maximum absolute atomic E-state index is 13.2. The van der Waals surface area contributed by atoms with Crippen LogP contribution in [0.3, 0.4) is 0 Å². The number of hydrogen-bond acceptors (Lipinski definition) is 4. The molecule has 0 radical (unpaired) electrons. The zero-order valence-corrected chi connectivity index (χ0v) is 19.1. The van der Waals surface area contributed by atoms with Crippen LogP contribution in [0.5, 0.6) is 0 Å². The third-order valence-corrected chi connectivity index (χ3v) is 7.51. The van der Waals surface area contributed by atoms with Crippen molar-refractivity contribution in [2.45, 2.75) is 12.7 Å². The van der Waals surface area contributed by atoms with E-state index in [1.807, 2.05) is 13.0 Å². The quantitative estimate of drug-likeness (QED) is 0.283. The lowest BCUT2D eigenvalue weighted by atomic mass is 10.1. The third kappa shape index (κ3) is 5.50. The molecule has 0 fully saturated rings. The molecule has 0 aliphatic heterocycles. The lowest BCUT2D eigenvalue weighted by Gasteiger charge is -2.10. The molecule has 0 saturated heterocycles. The van der Waals surface area contributed by atoms with Crippen molar-refractivity contribution in [2.24, 2.45) is 0 Å². The molecule has 150 valence electrons. The fraction of sp³-hybridized carbons (Fsp3) is 0.0952. The molecule has 0 aliphatic carbocycles. The minimum Gasteiger partial charge on any atom is -0.288 e. The van der Waals surface area contributed by atoms with Crippen molar-refractivity contribution in [3.8, 4) is 0 Å². The van der Waals surface area contributed by atoms with E-state index in [0.717, 1.165) is 4.88 Å². The second kappa shape index (κ2) is 9.02. The molecule has 0 spiro atoms. The van der Waals surface area contributed by atoms with Crippen LogP contribution in [0.25, 0.3) is 6.08 Å². The van der Waals surface area contributed by atoms with Gasteiger partial charge in [-0.2, -0.15) is 0 Å². The summed E-state index contributed by atoms with van der Waals surface area (Å²) in [5.74, 6) is -1.02. The summed E-state index contributed by atoms with van der Waals surface area (Å²) in [5, 5.41) is 1.08. The highest BCUT2D eigenvalue weighted by molar-refractivity contribution is 7.95. The van der Waals surface area contributed by atoms with E-state index in [9.17, 15) is 13.2 Å². The van der Waals surface area contributed by atoms with E-state index in [1.165, 1.54) is 35.6 Å². The Bertz CT molecular complexity index is 1190. The van der Waals surface area contributed by atoms with Gasteiger partial charge in [0.25, 0.3) is 0 Å². The number of sulfone groups is 1. The number of rotatable bonds is 6. The number of carbonyl (C=O) groups is 1. The maximum Gasteiger partial charge on any atom is 0.204 e. The summed E-state index contributed by atoms with van der Waals surface area (Å²) < 4.78 is 26.5. The van der Waals surface area contributed by atoms with Crippen LogP contribution in [0.1, 0.15) is 25.7 Å². The molecule has 3 nitrogen and oxygen atoms in total. The van der Waals surface area contributed by atoms with Crippen LogP contribution in [-0.4, -0.2) is 14.2 Å². The van der Waals surface area contributed by atoms with Crippen LogP contribution in [0.2, 0.25) is 15.1 Å². The first-order valence-corrected chi connectivity index (χ1v) is 12.0. The molecular weight excluding hydrogens is 471 g/mol. The Morgan fingerprint density at radius 1 is 0.966 bits per heavy atom. The molecule has 0 bridgehead atoms. The zero-order valence-electron chi connectivity index (χ0n) is 15.2. The molecule has 0 amide bonds. The van der Waals surface area contributed by atoms with Gasteiger partial charge in [0.05, 0.1) is 5.75 Å². The average molecular weight is 486 g/mol. The first-order chi connectivity index (χ1) is 13.7. The second-order valence-corrected chi connectivity index (χ2v) is 10.8. The van der Waals surface area contributed by atoms with Crippen LogP contribution in [0.15, 0.2) is 59.5 Å². The predicted octanol–water partition coefficient (Wildman–Crippen LogP) is 6.86. The molecule has 1 aromatic heterocycles. The van der Waals surface area contributed by atoms with Crippen molar-refractivity contribution < 1.29 is 13.2 Å². The lowest BCUT2D eigenvalue weighted by Crippen LogP contribution is -2.16. The molecule has 3 rings (SSSR count). The normalized spacial score (nSPS) is 12.2. The number of hydrogen-bond donors (Lipinski definition) is 0. The SMILES string of the molecule is Cc1ccc(/C=C(\C(=O)c2ccc(Cl)cc2)S(=O)(=O)Cc2ccc(Cl)cc2Cl)s1.